The Hall–Kier alpha value is -1.29. The summed E-state index contributed by atoms with van der Waals surface area (Å²) in [6, 6.07) is 4.07. The largest absolute Gasteiger partial charge is 0.409 e. The molecule has 0 saturated heterocycles. The zero-order chi connectivity index (χ0) is 9.14. The lowest BCUT2D eigenvalue weighted by Gasteiger charge is -2.01. The van der Waals surface area contributed by atoms with Crippen LogP contribution in [0.3, 0.4) is 0 Å². The highest BCUT2D eigenvalue weighted by Crippen LogP contribution is 2.17. The van der Waals surface area contributed by atoms with E-state index in [4.69, 9.17) is 22.5 Å². The molecule has 1 rings (SSSR count). The lowest BCUT2D eigenvalue weighted by atomic mass is 10.2. The van der Waals surface area contributed by atoms with Crippen LogP contribution in [-0.4, -0.2) is 11.0 Å². The molecule has 64 valence electrons. The van der Waals surface area contributed by atoms with Gasteiger partial charge in [-0.25, -0.2) is 4.39 Å². The van der Waals surface area contributed by atoms with Gasteiger partial charge in [-0.15, -0.1) is 0 Å². The molecule has 3 N–H and O–H groups in total. The van der Waals surface area contributed by atoms with Gasteiger partial charge in [0.2, 0.25) is 0 Å². The monoisotopic (exact) mass is 188 g/mol. The minimum absolute atomic E-state index is 0.0818. The molecule has 0 bridgehead atoms. The molecule has 3 nitrogen and oxygen atoms in total. The number of rotatable bonds is 1. The van der Waals surface area contributed by atoms with Crippen molar-refractivity contribution in [2.75, 3.05) is 0 Å². The first-order chi connectivity index (χ1) is 5.66. The quantitative estimate of drug-likeness (QED) is 0.304. The van der Waals surface area contributed by atoms with Gasteiger partial charge in [-0.1, -0.05) is 22.8 Å². The Kier molecular flexibility index (Phi) is 2.50. The fraction of sp³-hybridized carbons (Fsp3) is 0. The molecule has 0 spiro atoms. The summed E-state index contributed by atoms with van der Waals surface area (Å²) in [6.45, 7) is 0. The number of hydrogen-bond donors (Lipinski definition) is 2. The molecule has 0 unspecified atom stereocenters. The van der Waals surface area contributed by atoms with Gasteiger partial charge in [0.1, 0.15) is 5.82 Å². The molecule has 1 aromatic rings. The molecule has 0 fully saturated rings. The molecule has 12 heavy (non-hydrogen) atoms. The van der Waals surface area contributed by atoms with E-state index in [2.05, 4.69) is 5.16 Å². The first-order valence-corrected chi connectivity index (χ1v) is 3.46. The Balaban J connectivity index is 3.31. The maximum Gasteiger partial charge on any atom is 0.174 e. The number of benzene rings is 1. The molecule has 0 aliphatic rings. The average Bonchev–Trinajstić information content (AvgIpc) is 2.03. The lowest BCUT2D eigenvalue weighted by Crippen LogP contribution is -2.15. The third-order valence-electron chi connectivity index (χ3n) is 1.33. The van der Waals surface area contributed by atoms with Crippen molar-refractivity contribution >= 4 is 17.4 Å². The molecule has 1 aromatic carbocycles. The SMILES string of the molecule is NC(=NO)c1c(F)cccc1Cl. The van der Waals surface area contributed by atoms with Crippen LogP contribution in [0.5, 0.6) is 0 Å². The maximum absolute atomic E-state index is 12.9. The van der Waals surface area contributed by atoms with Gasteiger partial charge in [0.25, 0.3) is 0 Å². The Morgan fingerprint density at radius 2 is 2.25 bits per heavy atom. The minimum atomic E-state index is -0.613. The number of oxime groups is 1. The van der Waals surface area contributed by atoms with Gasteiger partial charge in [-0.05, 0) is 12.1 Å². The standard InChI is InChI=1S/C7H6ClFN2O/c8-4-2-1-3-5(9)6(4)7(10)11-12/h1-3,12H,(H2,10,11). The van der Waals surface area contributed by atoms with Crippen LogP contribution >= 0.6 is 11.6 Å². The van der Waals surface area contributed by atoms with Gasteiger partial charge in [0, 0.05) is 0 Å². The van der Waals surface area contributed by atoms with Gasteiger partial charge >= 0.3 is 0 Å². The molecule has 0 heterocycles. The number of amidine groups is 1. The lowest BCUT2D eigenvalue weighted by molar-refractivity contribution is 0.318. The van der Waals surface area contributed by atoms with Crippen LogP contribution in [0, 0.1) is 5.82 Å². The third kappa shape index (κ3) is 1.48. The van der Waals surface area contributed by atoms with Crippen molar-refractivity contribution in [3.05, 3.63) is 34.6 Å². The number of halogens is 2. The summed E-state index contributed by atoms with van der Waals surface area (Å²) in [5.41, 5.74) is 5.09. The molecule has 0 radical (unpaired) electrons. The second-order valence-corrected chi connectivity index (χ2v) is 2.49. The second-order valence-electron chi connectivity index (χ2n) is 2.08. The van der Waals surface area contributed by atoms with E-state index in [9.17, 15) is 4.39 Å². The molecular formula is C7H6ClFN2O. The van der Waals surface area contributed by atoms with Crippen molar-refractivity contribution in [2.45, 2.75) is 0 Å². The Bertz CT molecular complexity index is 307. The fourth-order valence-corrected chi connectivity index (χ4v) is 1.05. The summed E-state index contributed by atoms with van der Waals surface area (Å²) in [6.07, 6.45) is 0. The predicted octanol–water partition coefficient (Wildman–Crippen LogP) is 1.57. The summed E-state index contributed by atoms with van der Waals surface area (Å²) in [5.74, 6) is -0.948. The van der Waals surface area contributed by atoms with E-state index in [1.165, 1.54) is 18.2 Å². The maximum atomic E-state index is 12.9. The van der Waals surface area contributed by atoms with E-state index in [0.29, 0.717) is 0 Å². The molecule has 0 atom stereocenters. The van der Waals surface area contributed by atoms with Crippen molar-refractivity contribution < 1.29 is 9.60 Å². The van der Waals surface area contributed by atoms with Gasteiger partial charge < -0.3 is 10.9 Å². The van der Waals surface area contributed by atoms with Crippen molar-refractivity contribution in [1.82, 2.24) is 0 Å². The van der Waals surface area contributed by atoms with Gasteiger partial charge in [0.05, 0.1) is 10.6 Å². The molecular weight excluding hydrogens is 183 g/mol. The highest BCUT2D eigenvalue weighted by molar-refractivity contribution is 6.34. The highest BCUT2D eigenvalue weighted by Gasteiger charge is 2.10. The Morgan fingerprint density at radius 1 is 1.58 bits per heavy atom. The molecule has 0 amide bonds. The molecule has 0 aliphatic carbocycles. The topological polar surface area (TPSA) is 58.6 Å². The zero-order valence-electron chi connectivity index (χ0n) is 5.96. The Labute approximate surface area is 73.2 Å². The molecule has 0 aromatic heterocycles. The fourth-order valence-electron chi connectivity index (χ4n) is 0.793. The van der Waals surface area contributed by atoms with E-state index >= 15 is 0 Å². The summed E-state index contributed by atoms with van der Waals surface area (Å²) in [7, 11) is 0. The highest BCUT2D eigenvalue weighted by atomic mass is 35.5. The van der Waals surface area contributed by atoms with Crippen molar-refractivity contribution in [3.8, 4) is 0 Å². The van der Waals surface area contributed by atoms with Crippen molar-refractivity contribution in [3.63, 3.8) is 0 Å². The minimum Gasteiger partial charge on any atom is -0.409 e. The van der Waals surface area contributed by atoms with E-state index in [1.807, 2.05) is 0 Å². The number of nitrogens with zero attached hydrogens (tertiary/aromatic N) is 1. The zero-order valence-corrected chi connectivity index (χ0v) is 6.72. The van der Waals surface area contributed by atoms with E-state index in [-0.39, 0.29) is 16.4 Å². The van der Waals surface area contributed by atoms with E-state index in [1.54, 1.807) is 0 Å². The Morgan fingerprint density at radius 3 is 2.75 bits per heavy atom. The summed E-state index contributed by atoms with van der Waals surface area (Å²) < 4.78 is 12.9. The van der Waals surface area contributed by atoms with Crippen LogP contribution in [0.1, 0.15) is 5.56 Å². The summed E-state index contributed by atoms with van der Waals surface area (Å²) in [4.78, 5) is 0. The number of hydrogen-bond acceptors (Lipinski definition) is 2. The average molecular weight is 189 g/mol. The van der Waals surface area contributed by atoms with Crippen LogP contribution < -0.4 is 5.73 Å². The normalized spacial score (nSPS) is 11.7. The summed E-state index contributed by atoms with van der Waals surface area (Å²) >= 11 is 5.59. The molecule has 0 aliphatic heterocycles. The first kappa shape index (κ1) is 8.80. The van der Waals surface area contributed by atoms with Crippen LogP contribution in [0.2, 0.25) is 5.02 Å². The van der Waals surface area contributed by atoms with Gasteiger partial charge in [-0.2, -0.15) is 0 Å². The van der Waals surface area contributed by atoms with Crippen LogP contribution in [0.25, 0.3) is 0 Å². The van der Waals surface area contributed by atoms with Crippen LogP contribution in [0.15, 0.2) is 23.4 Å². The van der Waals surface area contributed by atoms with Crippen molar-refractivity contribution in [1.29, 1.82) is 0 Å². The van der Waals surface area contributed by atoms with Gasteiger partial charge in [0.15, 0.2) is 5.84 Å². The smallest absolute Gasteiger partial charge is 0.174 e. The molecule has 5 heteroatoms. The predicted molar refractivity (Wildman–Crippen MR) is 43.9 cm³/mol. The van der Waals surface area contributed by atoms with Crippen LogP contribution in [-0.2, 0) is 0 Å². The van der Waals surface area contributed by atoms with E-state index in [0.717, 1.165) is 0 Å². The summed E-state index contributed by atoms with van der Waals surface area (Å²) in [5, 5.41) is 11.0. The van der Waals surface area contributed by atoms with Crippen LogP contribution in [0.4, 0.5) is 4.39 Å². The van der Waals surface area contributed by atoms with Crippen molar-refractivity contribution in [2.24, 2.45) is 10.9 Å². The second kappa shape index (κ2) is 3.40. The first-order valence-electron chi connectivity index (χ1n) is 3.08. The van der Waals surface area contributed by atoms with Gasteiger partial charge in [-0.3, -0.25) is 0 Å². The van der Waals surface area contributed by atoms with E-state index < -0.39 is 5.82 Å². The number of nitrogens with two attached hydrogens (primary N) is 1. The molecule has 0 saturated carbocycles. The third-order valence-corrected chi connectivity index (χ3v) is 1.64.